The van der Waals surface area contributed by atoms with E-state index in [4.69, 9.17) is 10.5 Å². The van der Waals surface area contributed by atoms with E-state index in [1.807, 2.05) is 37.3 Å². The maximum atomic E-state index is 10.0. The molecule has 3 N–H and O–H groups in total. The van der Waals surface area contributed by atoms with E-state index < -0.39 is 0 Å². The number of aromatic hydroxyl groups is 1. The summed E-state index contributed by atoms with van der Waals surface area (Å²) < 4.78 is 6.50. The molecule has 0 aliphatic rings. The van der Waals surface area contributed by atoms with Gasteiger partial charge in [0.15, 0.2) is 0 Å². The molecule has 20 heavy (non-hydrogen) atoms. The van der Waals surface area contributed by atoms with E-state index in [2.05, 4.69) is 4.98 Å². The fourth-order valence-corrected chi connectivity index (χ4v) is 3.03. The standard InChI is InChI=1S/C15H14N2O2S/c1-2-19-9-6-7-12-13(8-9)20-15(17-12)10-4-3-5-11(16)14(10)18/h3-8,18H,2,16H2,1H3. The lowest BCUT2D eigenvalue weighted by atomic mass is 10.2. The molecule has 0 atom stereocenters. The number of aromatic nitrogens is 1. The Morgan fingerprint density at radius 1 is 1.30 bits per heavy atom. The van der Waals surface area contributed by atoms with Crippen molar-refractivity contribution in [2.75, 3.05) is 12.3 Å². The number of ether oxygens (including phenoxy) is 1. The van der Waals surface area contributed by atoms with Crippen molar-refractivity contribution in [3.05, 3.63) is 36.4 Å². The van der Waals surface area contributed by atoms with Crippen molar-refractivity contribution in [2.45, 2.75) is 6.92 Å². The highest BCUT2D eigenvalue weighted by atomic mass is 32.1. The Morgan fingerprint density at radius 3 is 2.95 bits per heavy atom. The number of para-hydroxylation sites is 1. The van der Waals surface area contributed by atoms with Crippen molar-refractivity contribution >= 4 is 27.2 Å². The number of phenolic OH excluding ortho intramolecular Hbond substituents is 1. The molecule has 2 aromatic carbocycles. The summed E-state index contributed by atoms with van der Waals surface area (Å²) in [6.07, 6.45) is 0. The fraction of sp³-hybridized carbons (Fsp3) is 0.133. The minimum atomic E-state index is 0.0802. The molecular formula is C15H14N2O2S. The van der Waals surface area contributed by atoms with Gasteiger partial charge in [-0.15, -0.1) is 11.3 Å². The van der Waals surface area contributed by atoms with Gasteiger partial charge in [0.05, 0.1) is 28.1 Å². The van der Waals surface area contributed by atoms with E-state index >= 15 is 0 Å². The number of nitrogens with two attached hydrogens (primary N) is 1. The zero-order chi connectivity index (χ0) is 14.1. The molecular weight excluding hydrogens is 272 g/mol. The van der Waals surface area contributed by atoms with Crippen molar-refractivity contribution in [3.8, 4) is 22.1 Å². The second-order valence-corrected chi connectivity index (χ2v) is 5.36. The van der Waals surface area contributed by atoms with Gasteiger partial charge >= 0.3 is 0 Å². The molecule has 4 nitrogen and oxygen atoms in total. The van der Waals surface area contributed by atoms with Crippen molar-refractivity contribution in [3.63, 3.8) is 0 Å². The number of anilines is 1. The molecule has 0 bridgehead atoms. The van der Waals surface area contributed by atoms with E-state index in [9.17, 15) is 5.11 Å². The summed E-state index contributed by atoms with van der Waals surface area (Å²) >= 11 is 1.51. The van der Waals surface area contributed by atoms with Crippen molar-refractivity contribution < 1.29 is 9.84 Å². The zero-order valence-corrected chi connectivity index (χ0v) is 11.8. The average molecular weight is 286 g/mol. The van der Waals surface area contributed by atoms with Crippen LogP contribution in [0.3, 0.4) is 0 Å². The first-order valence-electron chi connectivity index (χ1n) is 6.30. The highest BCUT2D eigenvalue weighted by molar-refractivity contribution is 7.21. The normalized spacial score (nSPS) is 10.8. The number of hydrogen-bond donors (Lipinski definition) is 2. The number of nitrogens with zero attached hydrogens (tertiary/aromatic N) is 1. The molecule has 3 aromatic rings. The van der Waals surface area contributed by atoms with Gasteiger partial charge in [0, 0.05) is 0 Å². The summed E-state index contributed by atoms with van der Waals surface area (Å²) in [6.45, 7) is 2.58. The highest BCUT2D eigenvalue weighted by Crippen LogP contribution is 2.38. The van der Waals surface area contributed by atoms with E-state index in [-0.39, 0.29) is 5.75 Å². The lowest BCUT2D eigenvalue weighted by Gasteiger charge is -2.02. The van der Waals surface area contributed by atoms with Crippen molar-refractivity contribution in [1.82, 2.24) is 4.98 Å². The Hall–Kier alpha value is -2.27. The van der Waals surface area contributed by atoms with Crippen LogP contribution in [0, 0.1) is 0 Å². The summed E-state index contributed by atoms with van der Waals surface area (Å²) in [5.41, 5.74) is 7.62. The van der Waals surface area contributed by atoms with Crippen LogP contribution >= 0.6 is 11.3 Å². The second kappa shape index (κ2) is 5.02. The van der Waals surface area contributed by atoms with Gasteiger partial charge in [0.1, 0.15) is 16.5 Å². The van der Waals surface area contributed by atoms with E-state index in [1.165, 1.54) is 11.3 Å². The van der Waals surface area contributed by atoms with Gasteiger partial charge in [-0.3, -0.25) is 0 Å². The van der Waals surface area contributed by atoms with Gasteiger partial charge in [-0.2, -0.15) is 0 Å². The summed E-state index contributed by atoms with van der Waals surface area (Å²) in [6, 6.07) is 11.1. The topological polar surface area (TPSA) is 68.4 Å². The van der Waals surface area contributed by atoms with Crippen LogP contribution in [0.15, 0.2) is 36.4 Å². The van der Waals surface area contributed by atoms with Crippen LogP contribution in [0.2, 0.25) is 0 Å². The van der Waals surface area contributed by atoms with Crippen molar-refractivity contribution in [2.24, 2.45) is 0 Å². The molecule has 102 valence electrons. The van der Waals surface area contributed by atoms with Gasteiger partial charge in [-0.1, -0.05) is 6.07 Å². The third-order valence-corrected chi connectivity index (χ3v) is 4.02. The first-order chi connectivity index (χ1) is 9.69. The maximum absolute atomic E-state index is 10.0. The van der Waals surface area contributed by atoms with E-state index in [0.29, 0.717) is 17.9 Å². The number of fused-ring (bicyclic) bond motifs is 1. The average Bonchev–Trinajstić information content (AvgIpc) is 2.85. The van der Waals surface area contributed by atoms with E-state index in [0.717, 1.165) is 21.0 Å². The Balaban J connectivity index is 2.10. The first-order valence-corrected chi connectivity index (χ1v) is 7.12. The van der Waals surface area contributed by atoms with Gasteiger partial charge in [-0.05, 0) is 37.3 Å². The van der Waals surface area contributed by atoms with E-state index in [1.54, 1.807) is 6.07 Å². The molecule has 0 fully saturated rings. The molecule has 0 aliphatic heterocycles. The number of benzene rings is 2. The Labute approximate surface area is 120 Å². The van der Waals surface area contributed by atoms with Crippen LogP contribution in [-0.2, 0) is 0 Å². The molecule has 0 amide bonds. The zero-order valence-electron chi connectivity index (χ0n) is 11.0. The SMILES string of the molecule is CCOc1ccc2nc(-c3cccc(N)c3O)sc2c1. The summed E-state index contributed by atoms with van der Waals surface area (Å²) in [4.78, 5) is 4.53. The molecule has 0 unspecified atom stereocenters. The third-order valence-electron chi connectivity index (χ3n) is 2.97. The van der Waals surface area contributed by atoms with Gasteiger partial charge in [0.2, 0.25) is 0 Å². The molecule has 0 saturated heterocycles. The van der Waals surface area contributed by atoms with Gasteiger partial charge in [-0.25, -0.2) is 4.98 Å². The van der Waals surface area contributed by atoms with Gasteiger partial charge < -0.3 is 15.6 Å². The number of phenols is 1. The Morgan fingerprint density at radius 2 is 2.15 bits per heavy atom. The van der Waals surface area contributed by atoms with Crippen LogP contribution in [-0.4, -0.2) is 16.7 Å². The fourth-order valence-electron chi connectivity index (χ4n) is 2.01. The smallest absolute Gasteiger partial charge is 0.148 e. The molecule has 0 saturated carbocycles. The van der Waals surface area contributed by atoms with Crippen molar-refractivity contribution in [1.29, 1.82) is 0 Å². The lowest BCUT2D eigenvalue weighted by Crippen LogP contribution is -1.89. The van der Waals surface area contributed by atoms with Crippen LogP contribution < -0.4 is 10.5 Å². The summed E-state index contributed by atoms with van der Waals surface area (Å²) in [7, 11) is 0. The number of nitrogen functional groups attached to an aromatic ring is 1. The highest BCUT2D eigenvalue weighted by Gasteiger charge is 2.12. The molecule has 0 spiro atoms. The number of rotatable bonds is 3. The Kier molecular flexibility index (Phi) is 3.20. The predicted octanol–water partition coefficient (Wildman–Crippen LogP) is 3.65. The van der Waals surface area contributed by atoms with Crippen LogP contribution in [0.25, 0.3) is 20.8 Å². The lowest BCUT2D eigenvalue weighted by molar-refractivity contribution is 0.341. The van der Waals surface area contributed by atoms with Crippen LogP contribution in [0.1, 0.15) is 6.92 Å². The predicted molar refractivity (Wildman–Crippen MR) is 82.3 cm³/mol. The monoisotopic (exact) mass is 286 g/mol. The minimum Gasteiger partial charge on any atom is -0.505 e. The summed E-state index contributed by atoms with van der Waals surface area (Å²) in [5.74, 6) is 0.906. The quantitative estimate of drug-likeness (QED) is 0.569. The first kappa shape index (κ1) is 12.7. The minimum absolute atomic E-state index is 0.0802. The van der Waals surface area contributed by atoms with Crippen LogP contribution in [0.4, 0.5) is 5.69 Å². The molecule has 1 heterocycles. The van der Waals surface area contributed by atoms with Gasteiger partial charge in [0.25, 0.3) is 0 Å². The molecule has 3 rings (SSSR count). The molecule has 0 radical (unpaired) electrons. The molecule has 1 aromatic heterocycles. The number of hydrogen-bond acceptors (Lipinski definition) is 5. The second-order valence-electron chi connectivity index (χ2n) is 4.32. The molecule has 0 aliphatic carbocycles. The largest absolute Gasteiger partial charge is 0.505 e. The molecule has 5 heteroatoms. The Bertz CT molecular complexity index is 768. The third kappa shape index (κ3) is 2.16. The number of thiazole rings is 1. The maximum Gasteiger partial charge on any atom is 0.148 e. The van der Waals surface area contributed by atoms with Crippen LogP contribution in [0.5, 0.6) is 11.5 Å². The summed E-state index contributed by atoms with van der Waals surface area (Å²) in [5, 5.41) is 10.8.